The van der Waals surface area contributed by atoms with E-state index in [1.165, 1.54) is 0 Å². The summed E-state index contributed by atoms with van der Waals surface area (Å²) in [6.07, 6.45) is 0.469. The number of nitrogens with zero attached hydrogens (tertiary/aromatic N) is 1. The molecule has 19 heavy (non-hydrogen) atoms. The first kappa shape index (κ1) is 17.7. The lowest BCUT2D eigenvalue weighted by Crippen LogP contribution is -2.20. The van der Waals surface area contributed by atoms with E-state index in [1.807, 2.05) is 25.9 Å². The fourth-order valence-electron chi connectivity index (χ4n) is 1.51. The van der Waals surface area contributed by atoms with Gasteiger partial charge in [-0.2, -0.15) is 0 Å². The molecule has 5 heteroatoms. The Hall–Kier alpha value is -1.26. The first-order valence-corrected chi connectivity index (χ1v) is 6.07. The van der Waals surface area contributed by atoms with Crippen molar-refractivity contribution in [3.8, 4) is 11.5 Å². The molecule has 1 aromatic rings. The van der Waals surface area contributed by atoms with E-state index in [9.17, 15) is 4.79 Å². The smallest absolute Gasteiger partial charge is 0.166 e. The molecule has 0 saturated carbocycles. The largest absolute Gasteiger partial charge is 0.497 e. The maximum atomic E-state index is 11.8. The molecule has 108 valence electrons. The highest BCUT2D eigenvalue weighted by Gasteiger charge is 2.12. The number of hydrogen-bond donors (Lipinski definition) is 0. The van der Waals surface area contributed by atoms with Gasteiger partial charge in [0.15, 0.2) is 5.78 Å². The van der Waals surface area contributed by atoms with Gasteiger partial charge in [-0.05, 0) is 26.2 Å². The first-order valence-electron chi connectivity index (χ1n) is 6.07. The highest BCUT2D eigenvalue weighted by Crippen LogP contribution is 2.25. The Labute approximate surface area is 121 Å². The number of methoxy groups -OCH3 is 1. The third kappa shape index (κ3) is 5.49. The predicted molar refractivity (Wildman–Crippen MR) is 78.9 cm³/mol. The first-order chi connectivity index (χ1) is 8.58. The standard InChI is InChI=1S/C14H21NO3.ClH/c1-5-13(16)12-7-6-11(17-4)10-14(12)18-9-8-15(2)3;/h6-7,10H,5,8-9H2,1-4H3;1H. The number of carbonyl (C=O) groups excluding carboxylic acids is 1. The molecular weight excluding hydrogens is 266 g/mol. The zero-order chi connectivity index (χ0) is 13.5. The van der Waals surface area contributed by atoms with E-state index < -0.39 is 0 Å². The van der Waals surface area contributed by atoms with Gasteiger partial charge >= 0.3 is 0 Å². The van der Waals surface area contributed by atoms with Gasteiger partial charge in [0.25, 0.3) is 0 Å². The molecule has 0 aliphatic heterocycles. The van der Waals surface area contributed by atoms with Crippen molar-refractivity contribution < 1.29 is 14.3 Å². The highest BCUT2D eigenvalue weighted by atomic mass is 35.5. The van der Waals surface area contributed by atoms with Crippen molar-refractivity contribution in [1.29, 1.82) is 0 Å². The molecular formula is C14H22ClNO3. The number of ketones is 1. The molecule has 0 heterocycles. The van der Waals surface area contributed by atoms with Gasteiger partial charge in [0.1, 0.15) is 18.1 Å². The molecule has 0 saturated heterocycles. The number of rotatable bonds is 7. The van der Waals surface area contributed by atoms with E-state index in [0.717, 1.165) is 6.54 Å². The van der Waals surface area contributed by atoms with Crippen LogP contribution < -0.4 is 9.47 Å². The normalized spacial score (nSPS) is 9.95. The van der Waals surface area contributed by atoms with Gasteiger partial charge in [0.2, 0.25) is 0 Å². The summed E-state index contributed by atoms with van der Waals surface area (Å²) in [6.45, 7) is 3.19. The number of Topliss-reactive ketones (excluding diaryl/α,β-unsaturated/α-hetero) is 1. The minimum atomic E-state index is 0. The lowest BCUT2D eigenvalue weighted by molar-refractivity contribution is 0.0983. The number of likely N-dealkylation sites (N-methyl/N-ethyl adjacent to an activating group) is 1. The predicted octanol–water partition coefficient (Wildman–Crippen LogP) is 2.65. The maximum Gasteiger partial charge on any atom is 0.166 e. The average molecular weight is 288 g/mol. The Kier molecular flexibility index (Phi) is 8.19. The van der Waals surface area contributed by atoms with Crippen LogP contribution in [0, 0.1) is 0 Å². The molecule has 0 N–H and O–H groups in total. The van der Waals surface area contributed by atoms with Gasteiger partial charge in [0.05, 0.1) is 12.7 Å². The lowest BCUT2D eigenvalue weighted by atomic mass is 10.1. The van der Waals surface area contributed by atoms with E-state index in [1.54, 1.807) is 25.3 Å². The summed E-state index contributed by atoms with van der Waals surface area (Å²) in [4.78, 5) is 13.8. The van der Waals surface area contributed by atoms with E-state index in [2.05, 4.69) is 0 Å². The van der Waals surface area contributed by atoms with Crippen LogP contribution in [0.3, 0.4) is 0 Å². The van der Waals surface area contributed by atoms with Crippen LogP contribution in [-0.2, 0) is 0 Å². The number of hydrogen-bond acceptors (Lipinski definition) is 4. The van der Waals surface area contributed by atoms with Crippen LogP contribution in [0.15, 0.2) is 18.2 Å². The average Bonchev–Trinajstić information content (AvgIpc) is 2.37. The minimum absolute atomic E-state index is 0. The zero-order valence-electron chi connectivity index (χ0n) is 11.9. The van der Waals surface area contributed by atoms with Gasteiger partial charge in [-0.1, -0.05) is 6.92 Å². The quantitative estimate of drug-likeness (QED) is 0.723. The van der Waals surface area contributed by atoms with Crippen molar-refractivity contribution in [2.24, 2.45) is 0 Å². The molecule has 0 aromatic heterocycles. The molecule has 0 radical (unpaired) electrons. The monoisotopic (exact) mass is 287 g/mol. The van der Waals surface area contributed by atoms with Gasteiger partial charge in [0, 0.05) is 19.0 Å². The molecule has 1 aromatic carbocycles. The topological polar surface area (TPSA) is 38.8 Å². The Balaban J connectivity index is 0.00000324. The summed E-state index contributed by atoms with van der Waals surface area (Å²) in [5.74, 6) is 1.38. The second-order valence-corrected chi connectivity index (χ2v) is 4.29. The number of ether oxygens (including phenoxy) is 2. The van der Waals surface area contributed by atoms with Gasteiger partial charge in [-0.15, -0.1) is 12.4 Å². The molecule has 1 rings (SSSR count). The van der Waals surface area contributed by atoms with Crippen LogP contribution >= 0.6 is 12.4 Å². The third-order valence-electron chi connectivity index (χ3n) is 2.61. The maximum absolute atomic E-state index is 11.8. The number of halogens is 1. The van der Waals surface area contributed by atoms with Crippen molar-refractivity contribution in [3.05, 3.63) is 23.8 Å². The van der Waals surface area contributed by atoms with Crippen LogP contribution in [0.5, 0.6) is 11.5 Å². The fraction of sp³-hybridized carbons (Fsp3) is 0.500. The van der Waals surface area contributed by atoms with Crippen LogP contribution in [0.25, 0.3) is 0 Å². The molecule has 0 aliphatic rings. The Bertz CT molecular complexity index is 408. The van der Waals surface area contributed by atoms with E-state index in [-0.39, 0.29) is 18.2 Å². The zero-order valence-corrected chi connectivity index (χ0v) is 12.8. The Morgan fingerprint density at radius 3 is 2.53 bits per heavy atom. The summed E-state index contributed by atoms with van der Waals surface area (Å²) in [5.41, 5.74) is 0.622. The lowest BCUT2D eigenvalue weighted by Gasteiger charge is -2.14. The molecule has 0 spiro atoms. The molecule has 0 fully saturated rings. The van der Waals surface area contributed by atoms with E-state index >= 15 is 0 Å². The van der Waals surface area contributed by atoms with E-state index in [0.29, 0.717) is 30.1 Å². The summed E-state index contributed by atoms with van der Waals surface area (Å²) in [7, 11) is 5.56. The van der Waals surface area contributed by atoms with Crippen LogP contribution in [0.2, 0.25) is 0 Å². The molecule has 0 amide bonds. The van der Waals surface area contributed by atoms with Crippen LogP contribution in [-0.4, -0.2) is 45.0 Å². The van der Waals surface area contributed by atoms with Crippen LogP contribution in [0.1, 0.15) is 23.7 Å². The van der Waals surface area contributed by atoms with Crippen molar-refractivity contribution in [1.82, 2.24) is 4.90 Å². The Morgan fingerprint density at radius 2 is 2.00 bits per heavy atom. The highest BCUT2D eigenvalue weighted by molar-refractivity contribution is 5.98. The number of benzene rings is 1. The third-order valence-corrected chi connectivity index (χ3v) is 2.61. The molecule has 0 aliphatic carbocycles. The SMILES string of the molecule is CCC(=O)c1ccc(OC)cc1OCCN(C)C.Cl. The van der Waals surface area contributed by atoms with Crippen molar-refractivity contribution in [2.45, 2.75) is 13.3 Å². The summed E-state index contributed by atoms with van der Waals surface area (Å²) >= 11 is 0. The summed E-state index contributed by atoms with van der Waals surface area (Å²) in [5, 5.41) is 0. The second kappa shape index (κ2) is 8.77. The van der Waals surface area contributed by atoms with Gasteiger partial charge in [-0.25, -0.2) is 0 Å². The fourth-order valence-corrected chi connectivity index (χ4v) is 1.51. The van der Waals surface area contributed by atoms with Crippen molar-refractivity contribution >= 4 is 18.2 Å². The molecule has 0 atom stereocenters. The van der Waals surface area contributed by atoms with Crippen molar-refractivity contribution in [3.63, 3.8) is 0 Å². The Morgan fingerprint density at radius 1 is 1.32 bits per heavy atom. The molecule has 0 unspecified atom stereocenters. The van der Waals surface area contributed by atoms with Gasteiger partial charge < -0.3 is 14.4 Å². The molecule has 0 bridgehead atoms. The van der Waals surface area contributed by atoms with Crippen LogP contribution in [0.4, 0.5) is 0 Å². The molecule has 4 nitrogen and oxygen atoms in total. The summed E-state index contributed by atoms with van der Waals surface area (Å²) < 4.78 is 10.8. The van der Waals surface area contributed by atoms with Gasteiger partial charge in [-0.3, -0.25) is 4.79 Å². The van der Waals surface area contributed by atoms with E-state index in [4.69, 9.17) is 9.47 Å². The second-order valence-electron chi connectivity index (χ2n) is 4.29. The minimum Gasteiger partial charge on any atom is -0.497 e. The summed E-state index contributed by atoms with van der Waals surface area (Å²) in [6, 6.07) is 5.30. The number of carbonyl (C=O) groups is 1. The van der Waals surface area contributed by atoms with Crippen molar-refractivity contribution in [2.75, 3.05) is 34.4 Å².